The summed E-state index contributed by atoms with van der Waals surface area (Å²) in [5.74, 6) is -1.74. The molecule has 1 aromatic heterocycles. The Morgan fingerprint density at radius 2 is 2.05 bits per heavy atom. The van der Waals surface area contributed by atoms with Gasteiger partial charge in [0.2, 0.25) is 0 Å². The zero-order chi connectivity index (χ0) is 14.0. The Labute approximate surface area is 121 Å². The van der Waals surface area contributed by atoms with E-state index in [1.807, 2.05) is 0 Å². The van der Waals surface area contributed by atoms with E-state index in [0.29, 0.717) is 11.3 Å². The highest BCUT2D eigenvalue weighted by atomic mass is 79.9. The normalized spacial score (nSPS) is 10.8. The lowest BCUT2D eigenvalue weighted by Crippen LogP contribution is -1.99. The van der Waals surface area contributed by atoms with Gasteiger partial charge in [-0.2, -0.15) is 0 Å². The Bertz CT molecular complexity index is 625. The molecule has 1 aromatic carbocycles. The van der Waals surface area contributed by atoms with Crippen LogP contribution in [0.3, 0.4) is 0 Å². The van der Waals surface area contributed by atoms with Crippen molar-refractivity contribution < 1.29 is 13.5 Å². The van der Waals surface area contributed by atoms with Gasteiger partial charge < -0.3 is 4.74 Å². The molecule has 0 saturated carbocycles. The molecular weight excluding hydrogens is 341 g/mol. The van der Waals surface area contributed by atoms with Gasteiger partial charge in [0.1, 0.15) is 5.15 Å². The van der Waals surface area contributed by atoms with Crippen LogP contribution in [0.1, 0.15) is 5.69 Å². The molecule has 0 atom stereocenters. The molecule has 2 rings (SSSR count). The van der Waals surface area contributed by atoms with Crippen molar-refractivity contribution in [3.05, 3.63) is 45.2 Å². The van der Waals surface area contributed by atoms with Gasteiger partial charge in [-0.05, 0) is 34.1 Å². The first-order valence-corrected chi connectivity index (χ1v) is 6.36. The van der Waals surface area contributed by atoms with Crippen molar-refractivity contribution in [1.82, 2.24) is 9.97 Å². The van der Waals surface area contributed by atoms with Crippen molar-refractivity contribution >= 4 is 27.5 Å². The van der Waals surface area contributed by atoms with Crippen LogP contribution < -0.4 is 0 Å². The number of halogens is 4. The number of nitrogens with zero attached hydrogens (tertiary/aromatic N) is 2. The van der Waals surface area contributed by atoms with Crippen molar-refractivity contribution in [1.29, 1.82) is 0 Å². The summed E-state index contributed by atoms with van der Waals surface area (Å²) in [4.78, 5) is 8.18. The van der Waals surface area contributed by atoms with Gasteiger partial charge in [-0.1, -0.05) is 11.6 Å². The van der Waals surface area contributed by atoms with Gasteiger partial charge in [-0.15, -0.1) is 0 Å². The average Bonchev–Trinajstić information content (AvgIpc) is 2.36. The van der Waals surface area contributed by atoms with Crippen LogP contribution in [0.5, 0.6) is 0 Å². The average molecular weight is 350 g/mol. The number of rotatable bonds is 3. The van der Waals surface area contributed by atoms with E-state index in [1.54, 1.807) is 6.07 Å². The third-order valence-corrected chi connectivity index (χ3v) is 3.29. The van der Waals surface area contributed by atoms with Crippen LogP contribution >= 0.6 is 27.5 Å². The first-order chi connectivity index (χ1) is 9.02. The number of hydrogen-bond acceptors (Lipinski definition) is 3. The van der Waals surface area contributed by atoms with E-state index >= 15 is 0 Å². The summed E-state index contributed by atoms with van der Waals surface area (Å²) in [7, 11) is 1.52. The van der Waals surface area contributed by atoms with Crippen LogP contribution in [-0.2, 0) is 11.3 Å². The highest BCUT2D eigenvalue weighted by Crippen LogP contribution is 2.30. The van der Waals surface area contributed by atoms with E-state index in [1.165, 1.54) is 13.2 Å². The molecule has 0 spiro atoms. The number of aromatic nitrogens is 2. The fourth-order valence-electron chi connectivity index (χ4n) is 1.51. The van der Waals surface area contributed by atoms with Gasteiger partial charge in [0.25, 0.3) is 0 Å². The predicted octanol–water partition coefficient (Wildman–Crippen LogP) is 3.98. The maximum absolute atomic E-state index is 13.5. The second-order valence-electron chi connectivity index (χ2n) is 3.66. The minimum atomic E-state index is -0.991. The zero-order valence-corrected chi connectivity index (χ0v) is 12.1. The number of methoxy groups -OCH3 is 1. The van der Waals surface area contributed by atoms with Crippen molar-refractivity contribution in [2.24, 2.45) is 0 Å². The maximum Gasteiger partial charge on any atom is 0.173 e. The fraction of sp³-hybridized carbons (Fsp3) is 0.167. The van der Waals surface area contributed by atoms with Crippen LogP contribution in [0, 0.1) is 11.6 Å². The summed E-state index contributed by atoms with van der Waals surface area (Å²) in [6, 6.07) is 3.93. The maximum atomic E-state index is 13.5. The molecule has 3 nitrogen and oxygen atoms in total. The topological polar surface area (TPSA) is 35.0 Å². The van der Waals surface area contributed by atoms with Gasteiger partial charge in [-0.3, -0.25) is 0 Å². The third-order valence-electron chi connectivity index (χ3n) is 2.32. The molecule has 0 aliphatic heterocycles. The lowest BCUT2D eigenvalue weighted by Gasteiger charge is -2.07. The second-order valence-corrected chi connectivity index (χ2v) is 4.84. The van der Waals surface area contributed by atoms with Gasteiger partial charge in [0, 0.05) is 12.7 Å². The molecule has 0 fully saturated rings. The molecule has 0 amide bonds. The molecule has 0 radical (unpaired) electrons. The largest absolute Gasteiger partial charge is 0.378 e. The minimum absolute atomic E-state index is 0.0434. The molecule has 1 heterocycles. The lowest BCUT2D eigenvalue weighted by atomic mass is 10.2. The highest BCUT2D eigenvalue weighted by Gasteiger charge is 2.15. The number of hydrogen-bond donors (Lipinski definition) is 0. The van der Waals surface area contributed by atoms with E-state index < -0.39 is 11.6 Å². The van der Waals surface area contributed by atoms with Crippen molar-refractivity contribution in [2.45, 2.75) is 6.61 Å². The van der Waals surface area contributed by atoms with Crippen LogP contribution in [0.4, 0.5) is 8.78 Å². The monoisotopic (exact) mass is 348 g/mol. The lowest BCUT2D eigenvalue weighted by molar-refractivity contribution is 0.181. The summed E-state index contributed by atoms with van der Waals surface area (Å²) >= 11 is 8.86. The Hall–Kier alpha value is -1.11. The summed E-state index contributed by atoms with van der Waals surface area (Å²) in [6.45, 7) is 0.247. The first kappa shape index (κ1) is 14.3. The molecule has 100 valence electrons. The molecule has 0 unspecified atom stereocenters. The van der Waals surface area contributed by atoms with Crippen LogP contribution in [-0.4, -0.2) is 17.1 Å². The molecule has 0 aliphatic carbocycles. The van der Waals surface area contributed by atoms with E-state index in [2.05, 4.69) is 25.9 Å². The van der Waals surface area contributed by atoms with E-state index in [4.69, 9.17) is 16.3 Å². The van der Waals surface area contributed by atoms with Crippen molar-refractivity contribution in [2.75, 3.05) is 7.11 Å². The Kier molecular flexibility index (Phi) is 4.44. The SMILES string of the molecule is COCc1cc(Cl)nc(-c2ccc(F)c(F)c2Br)n1. The molecule has 0 N–H and O–H groups in total. The highest BCUT2D eigenvalue weighted by molar-refractivity contribution is 9.10. The van der Waals surface area contributed by atoms with Gasteiger partial charge in [0.15, 0.2) is 17.5 Å². The van der Waals surface area contributed by atoms with Crippen LogP contribution in [0.25, 0.3) is 11.4 Å². The van der Waals surface area contributed by atoms with E-state index in [0.717, 1.165) is 6.07 Å². The van der Waals surface area contributed by atoms with Gasteiger partial charge >= 0.3 is 0 Å². The number of benzene rings is 1. The van der Waals surface area contributed by atoms with Crippen molar-refractivity contribution in [3.63, 3.8) is 0 Å². The molecule has 19 heavy (non-hydrogen) atoms. The Morgan fingerprint density at radius 3 is 2.74 bits per heavy atom. The minimum Gasteiger partial charge on any atom is -0.378 e. The molecule has 7 heteroatoms. The summed E-state index contributed by atoms with van der Waals surface area (Å²) < 4.78 is 31.5. The summed E-state index contributed by atoms with van der Waals surface area (Å²) in [5, 5.41) is 0.202. The molecule has 0 saturated heterocycles. The van der Waals surface area contributed by atoms with E-state index in [-0.39, 0.29) is 22.1 Å². The zero-order valence-electron chi connectivity index (χ0n) is 9.75. The smallest absolute Gasteiger partial charge is 0.173 e. The Balaban J connectivity index is 2.55. The standard InChI is InChI=1S/C12H8BrClF2N2O/c1-19-5-6-4-9(14)18-12(17-6)7-2-3-8(15)11(16)10(7)13/h2-4H,5H2,1H3. The second kappa shape index (κ2) is 5.90. The van der Waals surface area contributed by atoms with Crippen LogP contribution in [0.2, 0.25) is 5.15 Å². The van der Waals surface area contributed by atoms with Crippen LogP contribution in [0.15, 0.2) is 22.7 Å². The molecule has 2 aromatic rings. The molecular formula is C12H8BrClF2N2O. The summed E-state index contributed by atoms with van der Waals surface area (Å²) in [6.07, 6.45) is 0. The molecule has 0 aliphatic rings. The third kappa shape index (κ3) is 3.08. The molecule has 0 bridgehead atoms. The number of ether oxygens (including phenoxy) is 1. The quantitative estimate of drug-likeness (QED) is 0.621. The predicted molar refractivity (Wildman–Crippen MR) is 70.8 cm³/mol. The first-order valence-electron chi connectivity index (χ1n) is 5.19. The van der Waals surface area contributed by atoms with E-state index in [9.17, 15) is 8.78 Å². The van der Waals surface area contributed by atoms with Gasteiger partial charge in [0.05, 0.1) is 16.8 Å². The van der Waals surface area contributed by atoms with Gasteiger partial charge in [-0.25, -0.2) is 18.7 Å². The van der Waals surface area contributed by atoms with Crippen molar-refractivity contribution in [3.8, 4) is 11.4 Å². The Morgan fingerprint density at radius 1 is 1.32 bits per heavy atom. The fourth-order valence-corrected chi connectivity index (χ4v) is 2.21. The summed E-state index contributed by atoms with van der Waals surface area (Å²) in [5.41, 5.74) is 0.868.